The second-order valence-corrected chi connectivity index (χ2v) is 7.25. The van der Waals surface area contributed by atoms with Gasteiger partial charge in [0, 0.05) is 11.6 Å². The molecule has 1 unspecified atom stereocenters. The third-order valence-corrected chi connectivity index (χ3v) is 5.38. The molecule has 0 radical (unpaired) electrons. The molecule has 1 fully saturated rings. The maximum Gasteiger partial charge on any atom is 0.242 e. The number of rotatable bonds is 6. The number of hydrogen-bond acceptors (Lipinski definition) is 4. The molecule has 1 atom stereocenters. The molecule has 1 aliphatic heterocycles. The van der Waals surface area contributed by atoms with E-state index in [4.69, 9.17) is 11.6 Å². The lowest BCUT2D eigenvalue weighted by atomic mass is 10.1. The summed E-state index contributed by atoms with van der Waals surface area (Å²) in [5.74, 6) is 0.00322. The van der Waals surface area contributed by atoms with Crippen LogP contribution in [-0.4, -0.2) is 34.0 Å². The summed E-state index contributed by atoms with van der Waals surface area (Å²) in [6.07, 6.45) is 3.91. The van der Waals surface area contributed by atoms with Gasteiger partial charge in [-0.3, -0.25) is 9.69 Å². The summed E-state index contributed by atoms with van der Waals surface area (Å²) in [6, 6.07) is 17.3. The molecule has 0 aliphatic carbocycles. The number of amides is 1. The molecule has 0 aromatic heterocycles. The SMILES string of the molecule is C=CCN1C(=O)C(Cc2ccccc2Cl)S/C1=N/N=C/c1ccccc1. The molecule has 1 saturated heterocycles. The van der Waals surface area contributed by atoms with E-state index in [0.717, 1.165) is 11.1 Å². The summed E-state index contributed by atoms with van der Waals surface area (Å²) in [6.45, 7) is 4.13. The molecule has 6 heteroatoms. The maximum atomic E-state index is 12.7. The van der Waals surface area contributed by atoms with Gasteiger partial charge in [0.2, 0.25) is 5.91 Å². The largest absolute Gasteiger partial charge is 0.285 e. The average molecular weight is 384 g/mol. The number of hydrogen-bond donors (Lipinski definition) is 0. The number of halogens is 1. The van der Waals surface area contributed by atoms with Crippen molar-refractivity contribution in [3.63, 3.8) is 0 Å². The van der Waals surface area contributed by atoms with E-state index in [9.17, 15) is 4.79 Å². The van der Waals surface area contributed by atoms with E-state index in [1.54, 1.807) is 17.2 Å². The van der Waals surface area contributed by atoms with Gasteiger partial charge in [-0.2, -0.15) is 5.10 Å². The van der Waals surface area contributed by atoms with Crippen molar-refractivity contribution in [1.82, 2.24) is 4.90 Å². The quantitative estimate of drug-likeness (QED) is 0.421. The van der Waals surface area contributed by atoms with Crippen LogP contribution in [0.5, 0.6) is 0 Å². The predicted octanol–water partition coefficient (Wildman–Crippen LogP) is 4.40. The molecule has 0 spiro atoms. The molecule has 0 bridgehead atoms. The first-order valence-electron chi connectivity index (χ1n) is 8.17. The van der Waals surface area contributed by atoms with Crippen LogP contribution in [0.15, 0.2) is 77.5 Å². The van der Waals surface area contributed by atoms with Crippen LogP contribution in [0.1, 0.15) is 11.1 Å². The molecule has 0 N–H and O–H groups in total. The number of thioether (sulfide) groups is 1. The zero-order valence-electron chi connectivity index (χ0n) is 14.1. The number of carbonyl (C=O) groups is 1. The van der Waals surface area contributed by atoms with E-state index in [1.807, 2.05) is 54.6 Å². The monoisotopic (exact) mass is 383 g/mol. The van der Waals surface area contributed by atoms with Crippen LogP contribution >= 0.6 is 23.4 Å². The van der Waals surface area contributed by atoms with Crippen LogP contribution < -0.4 is 0 Å². The maximum absolute atomic E-state index is 12.7. The van der Waals surface area contributed by atoms with Crippen molar-refractivity contribution < 1.29 is 4.79 Å². The van der Waals surface area contributed by atoms with Crippen molar-refractivity contribution in [2.24, 2.45) is 10.2 Å². The standard InChI is InChI=1S/C20H18ClN3OS/c1-2-12-24-19(25)18(13-16-10-6-7-11-17(16)21)26-20(24)23-22-14-15-8-4-3-5-9-15/h2-11,14,18H,1,12-13H2/b22-14+,23-20+. The lowest BCUT2D eigenvalue weighted by Gasteiger charge is -2.13. The Labute approximate surface area is 162 Å². The van der Waals surface area contributed by atoms with Crippen LogP contribution in [0.3, 0.4) is 0 Å². The molecule has 1 amide bonds. The minimum atomic E-state index is -0.263. The van der Waals surface area contributed by atoms with Gasteiger partial charge in [0.15, 0.2) is 5.17 Å². The van der Waals surface area contributed by atoms with Crippen LogP contribution in [0.25, 0.3) is 0 Å². The molecule has 1 aliphatic rings. The smallest absolute Gasteiger partial charge is 0.242 e. The fourth-order valence-corrected chi connectivity index (χ4v) is 3.91. The second-order valence-electron chi connectivity index (χ2n) is 5.68. The van der Waals surface area contributed by atoms with Crippen molar-refractivity contribution >= 4 is 40.7 Å². The summed E-state index contributed by atoms with van der Waals surface area (Å²) < 4.78 is 0. The van der Waals surface area contributed by atoms with Gasteiger partial charge in [-0.05, 0) is 23.6 Å². The first kappa shape index (κ1) is 18.4. The summed E-state index contributed by atoms with van der Waals surface area (Å²) in [7, 11) is 0. The van der Waals surface area contributed by atoms with Gasteiger partial charge >= 0.3 is 0 Å². The van der Waals surface area contributed by atoms with Gasteiger partial charge in [0.05, 0.1) is 11.5 Å². The number of amidine groups is 1. The number of benzene rings is 2. The summed E-state index contributed by atoms with van der Waals surface area (Å²) in [4.78, 5) is 14.3. The van der Waals surface area contributed by atoms with E-state index in [2.05, 4.69) is 16.8 Å². The van der Waals surface area contributed by atoms with E-state index in [-0.39, 0.29) is 11.2 Å². The topological polar surface area (TPSA) is 45.0 Å². The van der Waals surface area contributed by atoms with Gasteiger partial charge in [-0.15, -0.1) is 11.7 Å². The van der Waals surface area contributed by atoms with Gasteiger partial charge in [0.1, 0.15) is 0 Å². The molecule has 2 aromatic rings. The fourth-order valence-electron chi connectivity index (χ4n) is 2.56. The average Bonchev–Trinajstić information content (AvgIpc) is 2.94. The van der Waals surface area contributed by atoms with Crippen molar-refractivity contribution in [3.8, 4) is 0 Å². The predicted molar refractivity (Wildman–Crippen MR) is 110 cm³/mol. The molecule has 132 valence electrons. The lowest BCUT2D eigenvalue weighted by Crippen LogP contribution is -2.32. The van der Waals surface area contributed by atoms with Crippen LogP contribution in [-0.2, 0) is 11.2 Å². The molecular weight excluding hydrogens is 366 g/mol. The molecule has 3 rings (SSSR count). The molecule has 0 saturated carbocycles. The molecule has 4 nitrogen and oxygen atoms in total. The Bertz CT molecular complexity index is 851. The first-order valence-corrected chi connectivity index (χ1v) is 9.43. The van der Waals surface area contributed by atoms with E-state index >= 15 is 0 Å². The van der Waals surface area contributed by atoms with E-state index in [0.29, 0.717) is 23.2 Å². The second kappa shape index (κ2) is 8.83. The summed E-state index contributed by atoms with van der Waals surface area (Å²) in [5, 5.41) is 9.38. The Morgan fingerprint density at radius 3 is 2.62 bits per heavy atom. The highest BCUT2D eigenvalue weighted by Gasteiger charge is 2.37. The molecule has 2 aromatic carbocycles. The minimum Gasteiger partial charge on any atom is -0.285 e. The molecular formula is C20H18ClN3OS. The normalized spacial score (nSPS) is 18.8. The van der Waals surface area contributed by atoms with Crippen LogP contribution in [0.2, 0.25) is 5.02 Å². The Kier molecular flexibility index (Phi) is 6.26. The van der Waals surface area contributed by atoms with Crippen molar-refractivity contribution in [2.45, 2.75) is 11.7 Å². The summed E-state index contributed by atoms with van der Waals surface area (Å²) >= 11 is 7.64. The Hall–Kier alpha value is -2.37. The zero-order valence-corrected chi connectivity index (χ0v) is 15.7. The van der Waals surface area contributed by atoms with Crippen LogP contribution in [0.4, 0.5) is 0 Å². The molecule has 1 heterocycles. The number of carbonyl (C=O) groups excluding carboxylic acids is 1. The lowest BCUT2D eigenvalue weighted by molar-refractivity contribution is -0.125. The Morgan fingerprint density at radius 2 is 1.88 bits per heavy atom. The Balaban J connectivity index is 1.77. The van der Waals surface area contributed by atoms with Crippen molar-refractivity contribution in [3.05, 3.63) is 83.4 Å². The van der Waals surface area contributed by atoms with Gasteiger partial charge < -0.3 is 0 Å². The van der Waals surface area contributed by atoms with Crippen molar-refractivity contribution in [1.29, 1.82) is 0 Å². The van der Waals surface area contributed by atoms with E-state index in [1.165, 1.54) is 11.8 Å². The first-order chi connectivity index (χ1) is 12.7. The fraction of sp³-hybridized carbons (Fsp3) is 0.150. The minimum absolute atomic E-state index is 0.00322. The third-order valence-electron chi connectivity index (χ3n) is 3.84. The number of nitrogens with zero attached hydrogens (tertiary/aromatic N) is 3. The van der Waals surface area contributed by atoms with Crippen molar-refractivity contribution in [2.75, 3.05) is 6.54 Å². The van der Waals surface area contributed by atoms with Gasteiger partial charge in [0.25, 0.3) is 0 Å². The highest BCUT2D eigenvalue weighted by molar-refractivity contribution is 8.15. The van der Waals surface area contributed by atoms with Crippen LogP contribution in [0, 0.1) is 0 Å². The highest BCUT2D eigenvalue weighted by atomic mass is 35.5. The van der Waals surface area contributed by atoms with E-state index < -0.39 is 0 Å². The zero-order chi connectivity index (χ0) is 18.4. The Morgan fingerprint density at radius 1 is 1.15 bits per heavy atom. The van der Waals surface area contributed by atoms with Gasteiger partial charge in [-0.1, -0.05) is 78.0 Å². The molecule has 26 heavy (non-hydrogen) atoms. The highest BCUT2D eigenvalue weighted by Crippen LogP contribution is 2.31. The van der Waals surface area contributed by atoms with Gasteiger partial charge in [-0.25, -0.2) is 0 Å². The third kappa shape index (κ3) is 4.42. The summed E-state index contributed by atoms with van der Waals surface area (Å²) in [5.41, 5.74) is 1.90.